The zero-order valence-corrected chi connectivity index (χ0v) is 14.8. The average Bonchev–Trinajstić information content (AvgIpc) is 3.30. The summed E-state index contributed by atoms with van der Waals surface area (Å²) in [4.78, 5) is 24.9. The fourth-order valence-corrected chi connectivity index (χ4v) is 3.53. The SMILES string of the molecule is O=C(Cn1c2ccccc2c2cn[nH]c(=O)c21)NCc1ccc2c(c1)OCO2. The van der Waals surface area contributed by atoms with E-state index in [1.807, 2.05) is 42.5 Å². The van der Waals surface area contributed by atoms with E-state index in [1.165, 1.54) is 0 Å². The van der Waals surface area contributed by atoms with Crippen molar-refractivity contribution >= 4 is 27.7 Å². The van der Waals surface area contributed by atoms with Gasteiger partial charge in [-0.05, 0) is 23.8 Å². The molecule has 1 aliphatic heterocycles. The number of ether oxygens (including phenoxy) is 2. The van der Waals surface area contributed by atoms with Gasteiger partial charge in [0.2, 0.25) is 12.7 Å². The number of hydrogen-bond acceptors (Lipinski definition) is 5. The number of para-hydroxylation sites is 1. The van der Waals surface area contributed by atoms with Crippen molar-refractivity contribution in [1.29, 1.82) is 0 Å². The van der Waals surface area contributed by atoms with Crippen LogP contribution in [0.5, 0.6) is 11.5 Å². The Kier molecular flexibility index (Phi) is 3.75. The molecule has 2 aromatic carbocycles. The van der Waals surface area contributed by atoms with Crippen molar-refractivity contribution in [2.45, 2.75) is 13.1 Å². The van der Waals surface area contributed by atoms with Crippen LogP contribution in [-0.2, 0) is 17.9 Å². The number of amides is 1. The summed E-state index contributed by atoms with van der Waals surface area (Å²) in [6.45, 7) is 0.592. The molecule has 0 radical (unpaired) electrons. The summed E-state index contributed by atoms with van der Waals surface area (Å²) < 4.78 is 12.4. The van der Waals surface area contributed by atoms with Crippen molar-refractivity contribution in [3.8, 4) is 11.5 Å². The summed E-state index contributed by atoms with van der Waals surface area (Å²) in [6.07, 6.45) is 1.61. The van der Waals surface area contributed by atoms with Crippen molar-refractivity contribution in [2.75, 3.05) is 6.79 Å². The normalized spacial score (nSPS) is 12.6. The van der Waals surface area contributed by atoms with Gasteiger partial charge in [0.1, 0.15) is 12.1 Å². The number of benzene rings is 2. The zero-order chi connectivity index (χ0) is 19.1. The summed E-state index contributed by atoms with van der Waals surface area (Å²) in [5, 5.41) is 10.8. The van der Waals surface area contributed by atoms with E-state index >= 15 is 0 Å². The van der Waals surface area contributed by atoms with E-state index in [0.29, 0.717) is 23.6 Å². The maximum absolute atomic E-state index is 12.6. The maximum Gasteiger partial charge on any atom is 0.288 e. The van der Waals surface area contributed by atoms with Gasteiger partial charge in [-0.1, -0.05) is 24.3 Å². The Balaban J connectivity index is 1.42. The second-order valence-electron chi connectivity index (χ2n) is 6.53. The molecule has 4 aromatic rings. The summed E-state index contributed by atoms with van der Waals surface area (Å²) in [7, 11) is 0. The number of carbonyl (C=O) groups is 1. The van der Waals surface area contributed by atoms with Crippen molar-refractivity contribution in [3.05, 3.63) is 64.6 Å². The molecule has 0 atom stereocenters. The Labute approximate surface area is 158 Å². The largest absolute Gasteiger partial charge is 0.454 e. The van der Waals surface area contributed by atoms with Crippen LogP contribution in [0.3, 0.4) is 0 Å². The number of fused-ring (bicyclic) bond motifs is 4. The van der Waals surface area contributed by atoms with E-state index in [4.69, 9.17) is 9.47 Å². The summed E-state index contributed by atoms with van der Waals surface area (Å²) in [5.74, 6) is 1.18. The minimum Gasteiger partial charge on any atom is -0.454 e. The van der Waals surface area contributed by atoms with Gasteiger partial charge in [-0.15, -0.1) is 0 Å². The Morgan fingerprint density at radius 2 is 2.00 bits per heavy atom. The van der Waals surface area contributed by atoms with Gasteiger partial charge in [-0.2, -0.15) is 5.10 Å². The second-order valence-corrected chi connectivity index (χ2v) is 6.53. The molecule has 0 saturated heterocycles. The minimum atomic E-state index is -0.322. The van der Waals surface area contributed by atoms with Crippen molar-refractivity contribution in [1.82, 2.24) is 20.1 Å². The van der Waals surface area contributed by atoms with Crippen molar-refractivity contribution < 1.29 is 14.3 Å². The molecule has 8 nitrogen and oxygen atoms in total. The van der Waals surface area contributed by atoms with Crippen molar-refractivity contribution in [3.63, 3.8) is 0 Å². The third-order valence-corrected chi connectivity index (χ3v) is 4.81. The lowest BCUT2D eigenvalue weighted by Gasteiger charge is -2.09. The minimum absolute atomic E-state index is 0.0294. The van der Waals surface area contributed by atoms with Gasteiger partial charge in [0.25, 0.3) is 5.56 Å². The first-order valence-corrected chi connectivity index (χ1v) is 8.80. The summed E-state index contributed by atoms with van der Waals surface area (Å²) in [6, 6.07) is 13.1. The van der Waals surface area contributed by atoms with Crippen LogP contribution < -0.4 is 20.3 Å². The van der Waals surface area contributed by atoms with Crippen LogP contribution in [0.4, 0.5) is 0 Å². The highest BCUT2D eigenvalue weighted by Gasteiger charge is 2.17. The highest BCUT2D eigenvalue weighted by molar-refractivity contribution is 6.07. The van der Waals surface area contributed by atoms with Crippen LogP contribution in [0.15, 0.2) is 53.5 Å². The molecule has 1 amide bonds. The van der Waals surface area contributed by atoms with Crippen LogP contribution >= 0.6 is 0 Å². The Hall–Kier alpha value is -3.81. The number of nitrogens with zero attached hydrogens (tertiary/aromatic N) is 2. The third-order valence-electron chi connectivity index (χ3n) is 4.81. The second kappa shape index (κ2) is 6.41. The highest BCUT2D eigenvalue weighted by atomic mass is 16.7. The van der Waals surface area contributed by atoms with E-state index in [1.54, 1.807) is 10.8 Å². The van der Waals surface area contributed by atoms with Crippen LogP contribution in [-0.4, -0.2) is 27.5 Å². The molecule has 0 unspecified atom stereocenters. The molecule has 5 rings (SSSR count). The topological polar surface area (TPSA) is 98.2 Å². The van der Waals surface area contributed by atoms with Crippen molar-refractivity contribution in [2.24, 2.45) is 0 Å². The molecule has 0 aliphatic carbocycles. The average molecular weight is 376 g/mol. The molecule has 2 aromatic heterocycles. The first-order valence-electron chi connectivity index (χ1n) is 8.80. The molecule has 1 aliphatic rings. The Morgan fingerprint density at radius 3 is 2.93 bits per heavy atom. The number of carbonyl (C=O) groups excluding carboxylic acids is 1. The molecular weight excluding hydrogens is 360 g/mol. The van der Waals surface area contributed by atoms with Crippen LogP contribution in [0.25, 0.3) is 21.8 Å². The van der Waals surface area contributed by atoms with Gasteiger partial charge in [0, 0.05) is 22.8 Å². The molecule has 0 fully saturated rings. The van der Waals surface area contributed by atoms with E-state index < -0.39 is 0 Å². The molecule has 140 valence electrons. The van der Waals surface area contributed by atoms with E-state index in [-0.39, 0.29) is 24.8 Å². The standard InChI is InChI=1S/C20H16N4O4/c25-18(21-8-12-5-6-16-17(7-12)28-11-27-16)10-24-15-4-2-1-3-13(15)14-9-22-23-20(26)19(14)24/h1-7,9H,8,10-11H2,(H,21,25)(H,23,26). The fourth-order valence-electron chi connectivity index (χ4n) is 3.53. The Bertz CT molecular complexity index is 1270. The molecular formula is C20H16N4O4. The molecule has 0 saturated carbocycles. The number of rotatable bonds is 4. The molecule has 0 spiro atoms. The van der Waals surface area contributed by atoms with Crippen LogP contribution in [0, 0.1) is 0 Å². The van der Waals surface area contributed by atoms with Gasteiger partial charge >= 0.3 is 0 Å². The van der Waals surface area contributed by atoms with Gasteiger partial charge in [0.05, 0.1) is 6.20 Å². The highest BCUT2D eigenvalue weighted by Crippen LogP contribution is 2.32. The first-order chi connectivity index (χ1) is 13.7. The number of H-pyrrole nitrogens is 1. The molecule has 2 N–H and O–H groups in total. The van der Waals surface area contributed by atoms with E-state index in [0.717, 1.165) is 21.9 Å². The van der Waals surface area contributed by atoms with Gasteiger partial charge < -0.3 is 19.4 Å². The number of aromatic amines is 1. The van der Waals surface area contributed by atoms with E-state index in [2.05, 4.69) is 15.5 Å². The van der Waals surface area contributed by atoms with Crippen LogP contribution in [0.2, 0.25) is 0 Å². The number of nitrogens with one attached hydrogen (secondary N) is 2. The lowest BCUT2D eigenvalue weighted by molar-refractivity contribution is -0.121. The fraction of sp³-hybridized carbons (Fsp3) is 0.150. The van der Waals surface area contributed by atoms with Gasteiger partial charge in [-0.25, -0.2) is 5.10 Å². The summed E-state index contributed by atoms with van der Waals surface area (Å²) in [5.41, 5.74) is 1.84. The van der Waals surface area contributed by atoms with Gasteiger partial charge in [-0.3, -0.25) is 9.59 Å². The lowest BCUT2D eigenvalue weighted by Crippen LogP contribution is -2.28. The van der Waals surface area contributed by atoms with Gasteiger partial charge in [0.15, 0.2) is 11.5 Å². The third kappa shape index (κ3) is 2.66. The zero-order valence-electron chi connectivity index (χ0n) is 14.8. The van der Waals surface area contributed by atoms with Crippen LogP contribution in [0.1, 0.15) is 5.56 Å². The summed E-state index contributed by atoms with van der Waals surface area (Å²) >= 11 is 0. The molecule has 28 heavy (non-hydrogen) atoms. The lowest BCUT2D eigenvalue weighted by atomic mass is 10.2. The smallest absolute Gasteiger partial charge is 0.288 e. The quantitative estimate of drug-likeness (QED) is 0.567. The predicted molar refractivity (Wildman–Crippen MR) is 102 cm³/mol. The number of aromatic nitrogens is 3. The number of hydrogen-bond donors (Lipinski definition) is 2. The molecule has 8 heteroatoms. The maximum atomic E-state index is 12.6. The monoisotopic (exact) mass is 376 g/mol. The van der Waals surface area contributed by atoms with E-state index in [9.17, 15) is 9.59 Å². The molecule has 3 heterocycles. The first kappa shape index (κ1) is 16.4. The predicted octanol–water partition coefficient (Wildman–Crippen LogP) is 1.92. The Morgan fingerprint density at radius 1 is 1.14 bits per heavy atom. The molecule has 0 bridgehead atoms.